The van der Waals surface area contributed by atoms with Crippen molar-refractivity contribution in [1.82, 2.24) is 9.55 Å². The summed E-state index contributed by atoms with van der Waals surface area (Å²) in [5.41, 5.74) is 10.8. The summed E-state index contributed by atoms with van der Waals surface area (Å²) in [5.74, 6) is 0.969. The lowest BCUT2D eigenvalue weighted by Crippen LogP contribution is -2.01. The predicted octanol–water partition coefficient (Wildman–Crippen LogP) is 13.1. The molecule has 0 amide bonds. The SMILES string of the molecule is CCc1nc2cc(C#N)ccc2n1-c1ccc(-c2c3ccccc3c(-c3cccc4ccccc34)c3cc(-c4ccccc4)ccc23)c2ccccc12. The van der Waals surface area contributed by atoms with Crippen LogP contribution >= 0.6 is 0 Å². The van der Waals surface area contributed by atoms with Gasteiger partial charge in [-0.2, -0.15) is 5.26 Å². The highest BCUT2D eigenvalue weighted by Crippen LogP contribution is 2.48. The maximum atomic E-state index is 9.60. The van der Waals surface area contributed by atoms with Gasteiger partial charge in [0.05, 0.1) is 28.4 Å². The van der Waals surface area contributed by atoms with E-state index in [1.54, 1.807) is 0 Å². The van der Waals surface area contributed by atoms with Crippen molar-refractivity contribution in [2.75, 3.05) is 0 Å². The maximum Gasteiger partial charge on any atom is 0.114 e. The molecule has 0 unspecified atom stereocenters. The van der Waals surface area contributed by atoms with Crippen LogP contribution in [0.1, 0.15) is 18.3 Å². The van der Waals surface area contributed by atoms with E-state index >= 15 is 0 Å². The van der Waals surface area contributed by atoms with E-state index in [2.05, 4.69) is 169 Å². The second kappa shape index (κ2) is 12.3. The molecule has 0 radical (unpaired) electrons. The van der Waals surface area contributed by atoms with Crippen LogP contribution in [-0.4, -0.2) is 9.55 Å². The summed E-state index contributed by atoms with van der Waals surface area (Å²) in [6, 6.07) is 63.4. The van der Waals surface area contributed by atoms with Gasteiger partial charge in [-0.1, -0.05) is 146 Å². The fourth-order valence-corrected chi connectivity index (χ4v) is 8.41. The Hall–Kier alpha value is -7.02. The number of rotatable bonds is 5. The number of benzene rings is 9. The van der Waals surface area contributed by atoms with Crippen molar-refractivity contribution in [3.8, 4) is 45.1 Å². The molecule has 0 spiro atoms. The Labute approximate surface area is 307 Å². The van der Waals surface area contributed by atoms with Crippen LogP contribution in [-0.2, 0) is 6.42 Å². The molecule has 0 N–H and O–H groups in total. The highest BCUT2D eigenvalue weighted by Gasteiger charge is 2.22. The highest BCUT2D eigenvalue weighted by atomic mass is 15.1. The van der Waals surface area contributed by atoms with Gasteiger partial charge in [-0.25, -0.2) is 4.98 Å². The molecular weight excluding hydrogens is 643 g/mol. The lowest BCUT2D eigenvalue weighted by atomic mass is 9.82. The van der Waals surface area contributed by atoms with Crippen LogP contribution in [0.4, 0.5) is 0 Å². The number of nitriles is 1. The zero-order valence-corrected chi connectivity index (χ0v) is 29.2. The third-order valence-electron chi connectivity index (χ3n) is 10.8. The van der Waals surface area contributed by atoms with Gasteiger partial charge in [-0.05, 0) is 101 Å². The van der Waals surface area contributed by atoms with Gasteiger partial charge in [0.25, 0.3) is 0 Å². The number of imidazole rings is 1. The van der Waals surface area contributed by atoms with Gasteiger partial charge in [-0.3, -0.25) is 4.57 Å². The van der Waals surface area contributed by atoms with Crippen molar-refractivity contribution in [2.45, 2.75) is 13.3 Å². The molecule has 0 atom stereocenters. The second-order valence-electron chi connectivity index (χ2n) is 13.7. The van der Waals surface area contributed by atoms with Gasteiger partial charge in [0.1, 0.15) is 5.82 Å². The van der Waals surface area contributed by atoms with E-state index < -0.39 is 0 Å². The zero-order valence-electron chi connectivity index (χ0n) is 29.2. The van der Waals surface area contributed by atoms with Crippen LogP contribution in [0.25, 0.3) is 93.2 Å². The average Bonchev–Trinajstić information content (AvgIpc) is 3.60. The molecule has 3 nitrogen and oxygen atoms in total. The molecule has 9 aromatic carbocycles. The molecule has 0 bridgehead atoms. The van der Waals surface area contributed by atoms with Gasteiger partial charge >= 0.3 is 0 Å². The number of fused-ring (bicyclic) bond motifs is 5. The van der Waals surface area contributed by atoms with Crippen LogP contribution in [0.3, 0.4) is 0 Å². The van der Waals surface area contributed by atoms with Crippen molar-refractivity contribution in [3.05, 3.63) is 181 Å². The molecule has 1 heterocycles. The summed E-state index contributed by atoms with van der Waals surface area (Å²) in [7, 11) is 0. The molecule has 0 saturated heterocycles. The van der Waals surface area contributed by atoms with Crippen molar-refractivity contribution in [1.29, 1.82) is 5.26 Å². The minimum atomic E-state index is 0.617. The second-order valence-corrected chi connectivity index (χ2v) is 13.7. The third kappa shape index (κ3) is 4.84. The Kier molecular flexibility index (Phi) is 7.16. The molecular formula is C50H33N3. The van der Waals surface area contributed by atoms with E-state index in [0.29, 0.717) is 5.56 Å². The number of hydrogen-bond donors (Lipinski definition) is 0. The van der Waals surface area contributed by atoms with E-state index in [-0.39, 0.29) is 0 Å². The predicted molar refractivity (Wildman–Crippen MR) is 221 cm³/mol. The first-order valence-corrected chi connectivity index (χ1v) is 18.2. The summed E-state index contributed by atoms with van der Waals surface area (Å²) in [4.78, 5) is 4.99. The van der Waals surface area contributed by atoms with Crippen LogP contribution in [0, 0.1) is 11.3 Å². The average molecular weight is 676 g/mol. The molecule has 53 heavy (non-hydrogen) atoms. The Morgan fingerprint density at radius 3 is 1.92 bits per heavy atom. The number of hydrogen-bond acceptors (Lipinski definition) is 2. The van der Waals surface area contributed by atoms with Crippen molar-refractivity contribution in [2.24, 2.45) is 0 Å². The van der Waals surface area contributed by atoms with Crippen molar-refractivity contribution < 1.29 is 0 Å². The van der Waals surface area contributed by atoms with E-state index in [0.717, 1.165) is 34.4 Å². The monoisotopic (exact) mass is 675 g/mol. The van der Waals surface area contributed by atoms with E-state index in [1.807, 2.05) is 18.2 Å². The summed E-state index contributed by atoms with van der Waals surface area (Å²) in [6.07, 6.45) is 0.765. The van der Waals surface area contributed by atoms with Crippen molar-refractivity contribution >= 4 is 54.1 Å². The maximum absolute atomic E-state index is 9.60. The summed E-state index contributed by atoms with van der Waals surface area (Å²) in [5, 5.41) is 19.3. The molecule has 3 heteroatoms. The quantitative estimate of drug-likeness (QED) is 0.170. The topological polar surface area (TPSA) is 41.6 Å². The Morgan fingerprint density at radius 1 is 0.509 bits per heavy atom. The van der Waals surface area contributed by atoms with Crippen LogP contribution < -0.4 is 0 Å². The molecule has 10 aromatic rings. The van der Waals surface area contributed by atoms with Crippen LogP contribution in [0.5, 0.6) is 0 Å². The highest BCUT2D eigenvalue weighted by molar-refractivity contribution is 6.26. The van der Waals surface area contributed by atoms with Gasteiger partial charge in [0, 0.05) is 11.8 Å². The van der Waals surface area contributed by atoms with Crippen LogP contribution in [0.15, 0.2) is 170 Å². The number of aryl methyl sites for hydroxylation is 1. The minimum absolute atomic E-state index is 0.617. The molecule has 248 valence electrons. The van der Waals surface area contributed by atoms with E-state index in [1.165, 1.54) is 71.1 Å². The molecule has 0 saturated carbocycles. The number of aromatic nitrogens is 2. The summed E-state index contributed by atoms with van der Waals surface area (Å²) < 4.78 is 2.27. The molecule has 0 aliphatic rings. The minimum Gasteiger partial charge on any atom is -0.296 e. The first kappa shape index (κ1) is 30.8. The van der Waals surface area contributed by atoms with Gasteiger partial charge in [0.15, 0.2) is 0 Å². The molecule has 0 fully saturated rings. The first-order valence-electron chi connectivity index (χ1n) is 18.2. The lowest BCUT2D eigenvalue weighted by molar-refractivity contribution is 0.913. The Balaban J connectivity index is 1.32. The third-order valence-corrected chi connectivity index (χ3v) is 10.8. The zero-order chi connectivity index (χ0) is 35.5. The summed E-state index contributed by atoms with van der Waals surface area (Å²) >= 11 is 0. The lowest BCUT2D eigenvalue weighted by Gasteiger charge is -2.21. The van der Waals surface area contributed by atoms with Gasteiger partial charge in [0.2, 0.25) is 0 Å². The Bertz CT molecular complexity index is 3100. The smallest absolute Gasteiger partial charge is 0.114 e. The van der Waals surface area contributed by atoms with Crippen LogP contribution in [0.2, 0.25) is 0 Å². The van der Waals surface area contributed by atoms with Gasteiger partial charge < -0.3 is 0 Å². The van der Waals surface area contributed by atoms with Crippen molar-refractivity contribution in [3.63, 3.8) is 0 Å². The van der Waals surface area contributed by atoms with E-state index in [9.17, 15) is 5.26 Å². The summed E-state index contributed by atoms with van der Waals surface area (Å²) in [6.45, 7) is 2.14. The fraction of sp³-hybridized carbons (Fsp3) is 0.0400. The van der Waals surface area contributed by atoms with Gasteiger partial charge in [-0.15, -0.1) is 0 Å². The number of nitrogens with zero attached hydrogens (tertiary/aromatic N) is 3. The largest absolute Gasteiger partial charge is 0.296 e. The standard InChI is InChI=1S/C50H33N3/c1-2-48-52-45-29-32(31-51)23-27-47(45)53(48)46-28-26-42(37-18-8-9-19-38(37)46)49-40-20-10-11-21-41(40)50(39-22-12-16-34-15-6-7-17-36(34)39)44-30-35(24-25-43(44)49)33-13-4-3-5-14-33/h3-30H,2H2,1H3. The first-order chi connectivity index (χ1) is 26.2. The fourth-order valence-electron chi connectivity index (χ4n) is 8.41. The molecule has 0 aliphatic carbocycles. The normalized spacial score (nSPS) is 11.5. The Morgan fingerprint density at radius 2 is 1.15 bits per heavy atom. The molecule has 10 rings (SSSR count). The van der Waals surface area contributed by atoms with E-state index in [4.69, 9.17) is 4.98 Å². The molecule has 1 aromatic heterocycles. The molecule has 0 aliphatic heterocycles.